The third-order valence-electron chi connectivity index (χ3n) is 5.48. The first kappa shape index (κ1) is 19.1. The summed E-state index contributed by atoms with van der Waals surface area (Å²) in [6.45, 7) is 5.41. The van der Waals surface area contributed by atoms with Crippen molar-refractivity contribution in [2.24, 2.45) is 0 Å². The van der Waals surface area contributed by atoms with Gasteiger partial charge in [0.25, 0.3) is 0 Å². The summed E-state index contributed by atoms with van der Waals surface area (Å²) in [5, 5.41) is 2.80. The Morgan fingerprint density at radius 3 is 2.41 bits per heavy atom. The summed E-state index contributed by atoms with van der Waals surface area (Å²) in [7, 11) is 0. The van der Waals surface area contributed by atoms with E-state index in [0.717, 1.165) is 39.3 Å². The second kappa shape index (κ2) is 7.50. The summed E-state index contributed by atoms with van der Waals surface area (Å²) in [6.07, 6.45) is 3.30. The zero-order valence-electron chi connectivity index (χ0n) is 15.9. The molecular formula is C20H25N3O4. The normalized spacial score (nSPS) is 19.1. The number of amides is 5. The molecule has 1 saturated carbocycles. The minimum atomic E-state index is -0.916. The summed E-state index contributed by atoms with van der Waals surface area (Å²) in [6, 6.07) is 4.75. The maximum absolute atomic E-state index is 12.5. The third-order valence-corrected chi connectivity index (χ3v) is 5.48. The zero-order valence-corrected chi connectivity index (χ0v) is 15.9. The molecule has 1 aliphatic heterocycles. The maximum Gasteiger partial charge on any atom is 0.334 e. The average Bonchev–Trinajstić information content (AvgIpc) is 3.21. The molecule has 1 saturated heterocycles. The molecule has 144 valence electrons. The van der Waals surface area contributed by atoms with E-state index < -0.39 is 30.3 Å². The first-order valence-corrected chi connectivity index (χ1v) is 9.35. The van der Waals surface area contributed by atoms with E-state index in [1.54, 1.807) is 0 Å². The van der Waals surface area contributed by atoms with Gasteiger partial charge in [-0.2, -0.15) is 0 Å². The number of nitrogens with one attached hydrogen (secondary N) is 1. The van der Waals surface area contributed by atoms with Crippen molar-refractivity contribution in [3.63, 3.8) is 0 Å². The molecule has 0 unspecified atom stereocenters. The lowest BCUT2D eigenvalue weighted by molar-refractivity contribution is -0.144. The molecule has 1 aromatic rings. The summed E-state index contributed by atoms with van der Waals surface area (Å²) in [4.78, 5) is 51.1. The van der Waals surface area contributed by atoms with Crippen LogP contribution in [0, 0.1) is 13.8 Å². The Hall–Kier alpha value is -2.70. The predicted molar refractivity (Wildman–Crippen MR) is 98.7 cm³/mol. The van der Waals surface area contributed by atoms with Crippen molar-refractivity contribution in [3.8, 4) is 0 Å². The number of urea groups is 1. The van der Waals surface area contributed by atoms with Crippen molar-refractivity contribution in [2.45, 2.75) is 58.5 Å². The van der Waals surface area contributed by atoms with Crippen LogP contribution in [0.1, 0.15) is 55.3 Å². The van der Waals surface area contributed by atoms with Gasteiger partial charge in [-0.1, -0.05) is 31.0 Å². The van der Waals surface area contributed by atoms with Gasteiger partial charge in [0.05, 0.1) is 6.04 Å². The number of carbonyl (C=O) groups is 4. The zero-order chi connectivity index (χ0) is 19.7. The molecule has 27 heavy (non-hydrogen) atoms. The Balaban J connectivity index is 1.64. The highest BCUT2D eigenvalue weighted by molar-refractivity contribution is 6.45. The van der Waals surface area contributed by atoms with Crippen molar-refractivity contribution in [1.82, 2.24) is 15.1 Å². The van der Waals surface area contributed by atoms with E-state index in [-0.39, 0.29) is 12.1 Å². The lowest BCUT2D eigenvalue weighted by Crippen LogP contribution is -2.43. The van der Waals surface area contributed by atoms with E-state index >= 15 is 0 Å². The lowest BCUT2D eigenvalue weighted by Gasteiger charge is -2.21. The highest BCUT2D eigenvalue weighted by Crippen LogP contribution is 2.27. The number of rotatable bonds is 5. The van der Waals surface area contributed by atoms with Crippen LogP contribution in [0.15, 0.2) is 18.2 Å². The molecule has 0 radical (unpaired) electrons. The number of carbonyl (C=O) groups excluding carboxylic acids is 4. The summed E-state index contributed by atoms with van der Waals surface area (Å²) in [5.74, 6) is -2.20. The van der Waals surface area contributed by atoms with Crippen LogP contribution in [-0.4, -0.2) is 46.1 Å². The van der Waals surface area contributed by atoms with Gasteiger partial charge >= 0.3 is 17.8 Å². The molecule has 3 rings (SSSR count). The van der Waals surface area contributed by atoms with E-state index in [4.69, 9.17) is 0 Å². The summed E-state index contributed by atoms with van der Waals surface area (Å²) < 4.78 is 0. The van der Waals surface area contributed by atoms with Crippen LogP contribution < -0.4 is 5.32 Å². The molecule has 2 aliphatic rings. The molecule has 0 bridgehead atoms. The highest BCUT2D eigenvalue weighted by atomic mass is 16.2. The van der Waals surface area contributed by atoms with Crippen LogP contribution in [-0.2, 0) is 14.4 Å². The van der Waals surface area contributed by atoms with E-state index in [1.807, 2.05) is 39.0 Å². The summed E-state index contributed by atoms with van der Waals surface area (Å²) in [5.41, 5.74) is 3.22. The fourth-order valence-electron chi connectivity index (χ4n) is 3.69. The van der Waals surface area contributed by atoms with Gasteiger partial charge in [0, 0.05) is 6.04 Å². The smallest absolute Gasteiger partial charge is 0.334 e. The van der Waals surface area contributed by atoms with E-state index in [9.17, 15) is 19.2 Å². The Bertz CT molecular complexity index is 798. The van der Waals surface area contributed by atoms with Crippen LogP contribution in [0.4, 0.5) is 4.79 Å². The standard InChI is InChI=1S/C20H25N3O4/c1-12-8-9-15(10-13(12)2)14(3)21-17(24)11-22-18(25)19(26)23(20(22)27)16-6-4-5-7-16/h8-10,14,16H,4-7,11H2,1-3H3,(H,21,24)/t14-/m1/s1. The number of hydrogen-bond donors (Lipinski definition) is 1. The van der Waals surface area contributed by atoms with Crippen molar-refractivity contribution in [2.75, 3.05) is 6.54 Å². The molecule has 1 atom stereocenters. The molecule has 0 spiro atoms. The van der Waals surface area contributed by atoms with Gasteiger partial charge < -0.3 is 5.32 Å². The van der Waals surface area contributed by atoms with Crippen molar-refractivity contribution in [3.05, 3.63) is 34.9 Å². The molecular weight excluding hydrogens is 346 g/mol. The first-order chi connectivity index (χ1) is 12.8. The second-order valence-electron chi connectivity index (χ2n) is 7.42. The number of imide groups is 2. The Morgan fingerprint density at radius 1 is 1.11 bits per heavy atom. The predicted octanol–water partition coefficient (Wildman–Crippen LogP) is 2.21. The number of aryl methyl sites for hydroxylation is 2. The average molecular weight is 371 g/mol. The van der Waals surface area contributed by atoms with E-state index in [2.05, 4.69) is 5.32 Å². The van der Waals surface area contributed by atoms with Crippen LogP contribution in [0.3, 0.4) is 0 Å². The van der Waals surface area contributed by atoms with Crippen LogP contribution in [0.25, 0.3) is 0 Å². The molecule has 7 heteroatoms. The first-order valence-electron chi connectivity index (χ1n) is 9.35. The monoisotopic (exact) mass is 371 g/mol. The molecule has 1 aliphatic carbocycles. The maximum atomic E-state index is 12.5. The van der Waals surface area contributed by atoms with Gasteiger partial charge in [0.2, 0.25) is 5.91 Å². The molecule has 0 aromatic heterocycles. The van der Waals surface area contributed by atoms with Gasteiger partial charge in [0.1, 0.15) is 6.54 Å². The quantitative estimate of drug-likeness (QED) is 0.635. The van der Waals surface area contributed by atoms with Crippen LogP contribution in [0.2, 0.25) is 0 Å². The van der Waals surface area contributed by atoms with E-state index in [1.165, 1.54) is 0 Å². The molecule has 1 N–H and O–H groups in total. The van der Waals surface area contributed by atoms with Crippen molar-refractivity contribution in [1.29, 1.82) is 0 Å². The Morgan fingerprint density at radius 2 is 1.78 bits per heavy atom. The van der Waals surface area contributed by atoms with Crippen LogP contribution in [0.5, 0.6) is 0 Å². The molecule has 5 amide bonds. The van der Waals surface area contributed by atoms with Crippen molar-refractivity contribution >= 4 is 23.8 Å². The topological polar surface area (TPSA) is 86.8 Å². The van der Waals surface area contributed by atoms with Crippen molar-refractivity contribution < 1.29 is 19.2 Å². The van der Waals surface area contributed by atoms with Gasteiger partial charge in [-0.25, -0.2) is 9.69 Å². The fourth-order valence-corrected chi connectivity index (χ4v) is 3.69. The largest absolute Gasteiger partial charge is 0.348 e. The minimum absolute atomic E-state index is 0.225. The fraction of sp³-hybridized carbons (Fsp3) is 0.500. The van der Waals surface area contributed by atoms with Gasteiger partial charge in [-0.05, 0) is 50.3 Å². The Kier molecular flexibility index (Phi) is 5.30. The van der Waals surface area contributed by atoms with Gasteiger partial charge in [0.15, 0.2) is 0 Å². The number of nitrogens with zero attached hydrogens (tertiary/aromatic N) is 2. The molecule has 2 fully saturated rings. The number of benzene rings is 1. The lowest BCUT2D eigenvalue weighted by atomic mass is 10.0. The van der Waals surface area contributed by atoms with Crippen LogP contribution >= 0.6 is 0 Å². The third kappa shape index (κ3) is 3.72. The highest BCUT2D eigenvalue weighted by Gasteiger charge is 2.48. The minimum Gasteiger partial charge on any atom is -0.348 e. The van der Waals surface area contributed by atoms with E-state index in [0.29, 0.717) is 12.8 Å². The summed E-state index contributed by atoms with van der Waals surface area (Å²) >= 11 is 0. The Labute approximate surface area is 158 Å². The SMILES string of the molecule is Cc1ccc([C@@H](C)NC(=O)CN2C(=O)C(=O)N(C3CCCC3)C2=O)cc1C. The van der Waals surface area contributed by atoms with Gasteiger partial charge in [-0.15, -0.1) is 0 Å². The molecule has 1 heterocycles. The van der Waals surface area contributed by atoms with Gasteiger partial charge in [-0.3, -0.25) is 19.3 Å². The molecule has 7 nitrogen and oxygen atoms in total. The number of hydrogen-bond acceptors (Lipinski definition) is 4. The second-order valence-corrected chi connectivity index (χ2v) is 7.42. The molecule has 1 aromatic carbocycles.